The van der Waals surface area contributed by atoms with Crippen LogP contribution in [-0.2, 0) is 4.79 Å². The van der Waals surface area contributed by atoms with Gasteiger partial charge in [0.15, 0.2) is 0 Å². The summed E-state index contributed by atoms with van der Waals surface area (Å²) in [5, 5.41) is 9.05. The first-order valence-electron chi connectivity index (χ1n) is 5.02. The van der Waals surface area contributed by atoms with E-state index in [0.717, 1.165) is 12.8 Å². The van der Waals surface area contributed by atoms with E-state index < -0.39 is 5.97 Å². The van der Waals surface area contributed by atoms with Crippen molar-refractivity contribution in [3.8, 4) is 0 Å². The summed E-state index contributed by atoms with van der Waals surface area (Å²) in [5.41, 5.74) is 0. The van der Waals surface area contributed by atoms with E-state index in [-0.39, 0.29) is 6.04 Å². The molecule has 76 valence electrons. The molecule has 0 aromatic carbocycles. The highest BCUT2D eigenvalue weighted by atomic mass is 16.4. The summed E-state index contributed by atoms with van der Waals surface area (Å²) in [6.45, 7) is 0. The van der Waals surface area contributed by atoms with Gasteiger partial charge in [-0.2, -0.15) is 0 Å². The van der Waals surface area contributed by atoms with Crippen LogP contribution in [-0.4, -0.2) is 36.1 Å². The second-order valence-electron chi connectivity index (χ2n) is 4.14. The van der Waals surface area contributed by atoms with Crippen LogP contribution in [0.5, 0.6) is 0 Å². The van der Waals surface area contributed by atoms with Crippen molar-refractivity contribution in [3.63, 3.8) is 0 Å². The standard InChI is InChI=1S/C10H19NO2/c1-11(2)9(10(12)13)8-6-4-3-5-7-8/h8-9H,3-7H2,1-2H3,(H,12,13). The molecule has 0 saturated heterocycles. The lowest BCUT2D eigenvalue weighted by atomic mass is 9.83. The molecular weight excluding hydrogens is 166 g/mol. The summed E-state index contributed by atoms with van der Waals surface area (Å²) < 4.78 is 0. The Balaban J connectivity index is 2.57. The Morgan fingerprint density at radius 1 is 1.31 bits per heavy atom. The molecule has 1 fully saturated rings. The lowest BCUT2D eigenvalue weighted by Crippen LogP contribution is -2.42. The lowest BCUT2D eigenvalue weighted by molar-refractivity contribution is -0.144. The average Bonchev–Trinajstić information content (AvgIpc) is 2.04. The molecule has 0 spiro atoms. The second-order valence-corrected chi connectivity index (χ2v) is 4.14. The second kappa shape index (κ2) is 4.61. The van der Waals surface area contributed by atoms with Crippen LogP contribution in [0.2, 0.25) is 0 Å². The predicted molar refractivity (Wildman–Crippen MR) is 51.7 cm³/mol. The highest BCUT2D eigenvalue weighted by Gasteiger charge is 2.30. The molecular formula is C10H19NO2. The third kappa shape index (κ3) is 2.69. The van der Waals surface area contributed by atoms with Gasteiger partial charge in [-0.05, 0) is 32.9 Å². The first-order valence-corrected chi connectivity index (χ1v) is 5.02. The third-order valence-corrected chi connectivity index (χ3v) is 2.91. The van der Waals surface area contributed by atoms with Gasteiger partial charge in [0.1, 0.15) is 6.04 Å². The molecule has 0 aromatic heterocycles. The predicted octanol–water partition coefficient (Wildman–Crippen LogP) is 1.58. The van der Waals surface area contributed by atoms with E-state index in [0.29, 0.717) is 5.92 Å². The minimum atomic E-state index is -0.670. The Morgan fingerprint density at radius 2 is 1.85 bits per heavy atom. The van der Waals surface area contributed by atoms with E-state index in [9.17, 15) is 4.79 Å². The minimum Gasteiger partial charge on any atom is -0.480 e. The van der Waals surface area contributed by atoms with Gasteiger partial charge in [0, 0.05) is 0 Å². The largest absolute Gasteiger partial charge is 0.480 e. The number of carbonyl (C=O) groups is 1. The number of rotatable bonds is 3. The van der Waals surface area contributed by atoms with Crippen LogP contribution >= 0.6 is 0 Å². The normalized spacial score (nSPS) is 21.8. The lowest BCUT2D eigenvalue weighted by Gasteiger charge is -2.31. The zero-order valence-electron chi connectivity index (χ0n) is 8.49. The van der Waals surface area contributed by atoms with E-state index in [4.69, 9.17) is 5.11 Å². The van der Waals surface area contributed by atoms with E-state index >= 15 is 0 Å². The number of carboxylic acid groups (broad SMARTS) is 1. The van der Waals surface area contributed by atoms with Crippen LogP contribution in [0.4, 0.5) is 0 Å². The molecule has 1 saturated carbocycles. The topological polar surface area (TPSA) is 40.5 Å². The van der Waals surface area contributed by atoms with E-state index in [1.54, 1.807) is 0 Å². The molecule has 1 atom stereocenters. The quantitative estimate of drug-likeness (QED) is 0.725. The van der Waals surface area contributed by atoms with Crippen molar-refractivity contribution in [2.75, 3.05) is 14.1 Å². The molecule has 1 aliphatic carbocycles. The smallest absolute Gasteiger partial charge is 0.321 e. The Bertz CT molecular complexity index is 174. The highest BCUT2D eigenvalue weighted by Crippen LogP contribution is 2.28. The molecule has 13 heavy (non-hydrogen) atoms. The number of likely N-dealkylation sites (N-methyl/N-ethyl adjacent to an activating group) is 1. The minimum absolute atomic E-state index is 0.278. The van der Waals surface area contributed by atoms with E-state index in [2.05, 4.69) is 0 Å². The van der Waals surface area contributed by atoms with Crippen molar-refractivity contribution in [2.45, 2.75) is 38.1 Å². The summed E-state index contributed by atoms with van der Waals surface area (Å²) in [6, 6.07) is -0.278. The number of nitrogens with zero attached hydrogens (tertiary/aromatic N) is 1. The molecule has 0 amide bonds. The van der Waals surface area contributed by atoms with Gasteiger partial charge in [0.05, 0.1) is 0 Å². The van der Waals surface area contributed by atoms with Gasteiger partial charge in [-0.25, -0.2) is 0 Å². The van der Waals surface area contributed by atoms with Crippen LogP contribution in [0.15, 0.2) is 0 Å². The molecule has 1 unspecified atom stereocenters. The fourth-order valence-electron chi connectivity index (χ4n) is 2.29. The summed E-state index contributed by atoms with van der Waals surface area (Å²) in [4.78, 5) is 12.8. The fourth-order valence-corrected chi connectivity index (χ4v) is 2.29. The number of hydrogen-bond donors (Lipinski definition) is 1. The maximum absolute atomic E-state index is 11.0. The molecule has 0 aromatic rings. The summed E-state index contributed by atoms with van der Waals surface area (Å²) in [6.07, 6.45) is 5.82. The Labute approximate surface area is 79.7 Å². The third-order valence-electron chi connectivity index (χ3n) is 2.91. The van der Waals surface area contributed by atoms with Gasteiger partial charge >= 0.3 is 5.97 Å². The fraction of sp³-hybridized carbons (Fsp3) is 0.900. The van der Waals surface area contributed by atoms with Gasteiger partial charge < -0.3 is 5.11 Å². The number of hydrogen-bond acceptors (Lipinski definition) is 2. The molecule has 1 aliphatic rings. The van der Waals surface area contributed by atoms with Crippen molar-refractivity contribution in [1.82, 2.24) is 4.90 Å². The zero-order valence-corrected chi connectivity index (χ0v) is 8.49. The molecule has 1 rings (SSSR count). The number of aliphatic carboxylic acids is 1. The van der Waals surface area contributed by atoms with Gasteiger partial charge in [0.25, 0.3) is 0 Å². The molecule has 1 N–H and O–H groups in total. The Kier molecular flexibility index (Phi) is 3.72. The first kappa shape index (κ1) is 10.5. The maximum atomic E-state index is 11.0. The summed E-state index contributed by atoms with van der Waals surface area (Å²) in [5.74, 6) is -0.307. The molecule has 0 radical (unpaired) electrons. The van der Waals surface area contributed by atoms with E-state index in [1.165, 1.54) is 19.3 Å². The van der Waals surface area contributed by atoms with Gasteiger partial charge in [-0.15, -0.1) is 0 Å². The van der Waals surface area contributed by atoms with Crippen LogP contribution < -0.4 is 0 Å². The van der Waals surface area contributed by atoms with E-state index in [1.807, 2.05) is 19.0 Å². The van der Waals surface area contributed by atoms with Crippen molar-refractivity contribution >= 4 is 5.97 Å². The van der Waals surface area contributed by atoms with Crippen LogP contribution in [0.1, 0.15) is 32.1 Å². The maximum Gasteiger partial charge on any atom is 0.321 e. The summed E-state index contributed by atoms with van der Waals surface area (Å²) >= 11 is 0. The Hall–Kier alpha value is -0.570. The van der Waals surface area contributed by atoms with Gasteiger partial charge in [-0.1, -0.05) is 19.3 Å². The van der Waals surface area contributed by atoms with Gasteiger partial charge in [-0.3, -0.25) is 9.69 Å². The SMILES string of the molecule is CN(C)C(C(=O)O)C1CCCCC1. The highest BCUT2D eigenvalue weighted by molar-refractivity contribution is 5.73. The van der Waals surface area contributed by atoms with Crippen LogP contribution in [0.3, 0.4) is 0 Å². The zero-order chi connectivity index (χ0) is 9.84. The monoisotopic (exact) mass is 185 g/mol. The van der Waals surface area contributed by atoms with Crippen LogP contribution in [0, 0.1) is 5.92 Å². The van der Waals surface area contributed by atoms with Crippen LogP contribution in [0.25, 0.3) is 0 Å². The molecule has 3 nitrogen and oxygen atoms in total. The number of carboxylic acids is 1. The molecule has 3 heteroatoms. The van der Waals surface area contributed by atoms with Crippen molar-refractivity contribution in [1.29, 1.82) is 0 Å². The van der Waals surface area contributed by atoms with Crippen molar-refractivity contribution in [3.05, 3.63) is 0 Å². The first-order chi connectivity index (χ1) is 6.13. The van der Waals surface area contributed by atoms with Gasteiger partial charge in [0.2, 0.25) is 0 Å². The Morgan fingerprint density at radius 3 is 2.23 bits per heavy atom. The molecule has 0 bridgehead atoms. The van der Waals surface area contributed by atoms with Crippen molar-refractivity contribution in [2.24, 2.45) is 5.92 Å². The van der Waals surface area contributed by atoms with Crippen molar-refractivity contribution < 1.29 is 9.90 Å². The molecule has 0 aliphatic heterocycles. The molecule has 0 heterocycles. The summed E-state index contributed by atoms with van der Waals surface area (Å²) in [7, 11) is 3.71. The average molecular weight is 185 g/mol.